The standard InChI is InChI=1S/C19H20ClN3/c20-16-9-7-15(8-10-16)13-23-18-6-2-1-5-17(18)21-19(23)14-22-11-3-4-12-22/h1-2,5-10H,3-4,11-14H2/i7D,8D,9D,10D,11D2,12D2,14D2. The zero-order valence-electron chi connectivity index (χ0n) is 22.2. The van der Waals surface area contributed by atoms with Gasteiger partial charge < -0.3 is 4.57 Å². The smallest absolute Gasteiger partial charge is 0.124 e. The lowest BCUT2D eigenvalue weighted by Crippen LogP contribution is -2.21. The van der Waals surface area contributed by atoms with Crippen molar-refractivity contribution in [3.63, 3.8) is 0 Å². The summed E-state index contributed by atoms with van der Waals surface area (Å²) in [5.74, 6) is -0.301. The maximum Gasteiger partial charge on any atom is 0.124 e. The van der Waals surface area contributed by atoms with Gasteiger partial charge in [-0.2, -0.15) is 0 Å². The molecule has 3 nitrogen and oxygen atoms in total. The average molecular weight is 336 g/mol. The third kappa shape index (κ3) is 3.12. The molecule has 0 aliphatic carbocycles. The molecule has 2 aromatic carbocycles. The Labute approximate surface area is 155 Å². The Morgan fingerprint density at radius 2 is 1.91 bits per heavy atom. The number of likely N-dealkylation sites (tertiary alicyclic amines) is 1. The van der Waals surface area contributed by atoms with Gasteiger partial charge in [0.05, 0.1) is 25.8 Å². The van der Waals surface area contributed by atoms with Crippen LogP contribution >= 0.6 is 11.6 Å². The molecule has 0 unspecified atom stereocenters. The SMILES string of the molecule is [2H]c1c([2H])c(Cn2c(C([2H])([2H])N3C([2H])([2H])CCC3([2H])[2H])nc3ccccc32)c([2H])c([2H])c1Cl. The maximum absolute atomic E-state index is 8.78. The predicted octanol–water partition coefficient (Wildman–Crippen LogP) is 4.33. The van der Waals surface area contributed by atoms with E-state index in [2.05, 4.69) is 4.98 Å². The highest BCUT2D eigenvalue weighted by Gasteiger charge is 2.17. The fourth-order valence-corrected chi connectivity index (χ4v) is 2.55. The van der Waals surface area contributed by atoms with E-state index in [0.29, 0.717) is 15.9 Å². The van der Waals surface area contributed by atoms with Gasteiger partial charge in [0.1, 0.15) is 5.82 Å². The summed E-state index contributed by atoms with van der Waals surface area (Å²) in [5.41, 5.74) is 0.742. The fourth-order valence-electron chi connectivity index (χ4n) is 2.45. The van der Waals surface area contributed by atoms with Crippen LogP contribution < -0.4 is 0 Å². The van der Waals surface area contributed by atoms with E-state index in [1.54, 1.807) is 24.3 Å². The van der Waals surface area contributed by atoms with Crippen LogP contribution in [0.5, 0.6) is 0 Å². The van der Waals surface area contributed by atoms with Crippen LogP contribution in [0.3, 0.4) is 0 Å². The topological polar surface area (TPSA) is 21.1 Å². The molecule has 4 heteroatoms. The predicted molar refractivity (Wildman–Crippen MR) is 94.8 cm³/mol. The lowest BCUT2D eigenvalue weighted by Gasteiger charge is -2.16. The molecule has 1 aliphatic rings. The van der Waals surface area contributed by atoms with Gasteiger partial charge in [0.2, 0.25) is 0 Å². The molecule has 4 rings (SSSR count). The van der Waals surface area contributed by atoms with E-state index < -0.39 is 31.6 Å². The number of halogens is 1. The second-order valence-electron chi connectivity index (χ2n) is 5.07. The molecular weight excluding hydrogens is 306 g/mol. The van der Waals surface area contributed by atoms with Crippen molar-refractivity contribution < 1.29 is 13.7 Å². The molecule has 3 aromatic rings. The van der Waals surface area contributed by atoms with Crippen molar-refractivity contribution in [2.75, 3.05) is 13.0 Å². The van der Waals surface area contributed by atoms with Crippen LogP contribution in [-0.4, -0.2) is 27.4 Å². The van der Waals surface area contributed by atoms with Crippen LogP contribution in [0.1, 0.15) is 37.9 Å². The summed E-state index contributed by atoms with van der Waals surface area (Å²) >= 11 is 5.91. The van der Waals surface area contributed by atoms with E-state index in [-0.39, 0.29) is 47.9 Å². The maximum atomic E-state index is 8.78. The van der Waals surface area contributed by atoms with Gasteiger partial charge in [-0.25, -0.2) is 4.98 Å². The molecule has 1 aromatic heterocycles. The lowest BCUT2D eigenvalue weighted by atomic mass is 10.2. The van der Waals surface area contributed by atoms with Crippen LogP contribution in [0.4, 0.5) is 0 Å². The highest BCUT2D eigenvalue weighted by atomic mass is 35.5. The number of benzene rings is 2. The van der Waals surface area contributed by atoms with Crippen LogP contribution in [0.2, 0.25) is 5.02 Å². The first-order valence-electron chi connectivity index (χ1n) is 12.2. The van der Waals surface area contributed by atoms with Crippen LogP contribution in [-0.2, 0) is 13.0 Å². The Hall–Kier alpha value is -1.84. The highest BCUT2D eigenvalue weighted by molar-refractivity contribution is 6.30. The number of rotatable bonds is 4. The Balaban J connectivity index is 1.96. The summed E-state index contributed by atoms with van der Waals surface area (Å²) in [6.45, 7) is -7.56. The van der Waals surface area contributed by atoms with E-state index in [4.69, 9.17) is 25.3 Å². The third-order valence-corrected chi connectivity index (χ3v) is 3.68. The molecule has 0 radical (unpaired) electrons. The summed E-state index contributed by atoms with van der Waals surface area (Å²) in [6.07, 6.45) is -0.399. The summed E-state index contributed by atoms with van der Waals surface area (Å²) in [4.78, 5) is 4.89. The van der Waals surface area contributed by atoms with E-state index in [9.17, 15) is 0 Å². The van der Waals surface area contributed by atoms with E-state index in [1.165, 1.54) is 4.57 Å². The minimum Gasteiger partial charge on any atom is -0.322 e. The van der Waals surface area contributed by atoms with Crippen molar-refractivity contribution >= 4 is 22.6 Å². The van der Waals surface area contributed by atoms with Crippen molar-refractivity contribution in [1.82, 2.24) is 14.5 Å². The van der Waals surface area contributed by atoms with Crippen molar-refractivity contribution in [2.45, 2.75) is 25.9 Å². The number of nitrogens with zero attached hydrogens (tertiary/aromatic N) is 3. The zero-order valence-corrected chi connectivity index (χ0v) is 12.9. The largest absolute Gasteiger partial charge is 0.322 e. The molecule has 0 amide bonds. The Morgan fingerprint density at radius 1 is 1.17 bits per heavy atom. The van der Waals surface area contributed by atoms with Gasteiger partial charge >= 0.3 is 0 Å². The van der Waals surface area contributed by atoms with Crippen LogP contribution in [0.25, 0.3) is 11.0 Å². The Kier molecular flexibility index (Phi) is 2.03. The van der Waals surface area contributed by atoms with Gasteiger partial charge in [-0.3, -0.25) is 4.90 Å². The van der Waals surface area contributed by atoms with Gasteiger partial charge in [-0.15, -0.1) is 0 Å². The molecular formula is C19H20ClN3. The summed E-state index contributed by atoms with van der Waals surface area (Å²) in [7, 11) is 0. The first-order chi connectivity index (χ1) is 15.2. The van der Waals surface area contributed by atoms with Crippen LogP contribution in [0.15, 0.2) is 48.4 Å². The molecule has 0 saturated carbocycles. The lowest BCUT2D eigenvalue weighted by molar-refractivity contribution is 0.318. The molecule has 1 aliphatic heterocycles. The second-order valence-corrected chi connectivity index (χ2v) is 5.44. The molecule has 2 heterocycles. The monoisotopic (exact) mass is 335 g/mol. The first kappa shape index (κ1) is 7.37. The second kappa shape index (κ2) is 6.34. The van der Waals surface area contributed by atoms with Crippen molar-refractivity contribution in [2.24, 2.45) is 0 Å². The highest BCUT2D eigenvalue weighted by Crippen LogP contribution is 2.21. The van der Waals surface area contributed by atoms with Gasteiger partial charge in [0.25, 0.3) is 0 Å². The third-order valence-electron chi connectivity index (χ3n) is 3.49. The normalized spacial score (nSPS) is 26.8. The minimum atomic E-state index is -2.70. The summed E-state index contributed by atoms with van der Waals surface area (Å²) < 4.78 is 84.4. The first-order valence-corrected chi connectivity index (χ1v) is 7.59. The average Bonchev–Trinajstić information content (AvgIpc) is 3.22. The van der Waals surface area contributed by atoms with Crippen molar-refractivity contribution in [3.8, 4) is 0 Å². The van der Waals surface area contributed by atoms with Gasteiger partial charge in [-0.1, -0.05) is 35.8 Å². The fraction of sp³-hybridized carbons (Fsp3) is 0.316. The minimum absolute atomic E-state index is 0.0398. The van der Waals surface area contributed by atoms with E-state index in [0.717, 1.165) is 0 Å². The summed E-state index contributed by atoms with van der Waals surface area (Å²) in [6, 6.07) is 5.03. The number of fused-ring (bicyclic) bond motifs is 1. The van der Waals surface area contributed by atoms with Gasteiger partial charge in [0, 0.05) is 17.1 Å². The molecule has 1 saturated heterocycles. The quantitative estimate of drug-likeness (QED) is 0.707. The van der Waals surface area contributed by atoms with Crippen LogP contribution in [0, 0.1) is 0 Å². The molecule has 23 heavy (non-hydrogen) atoms. The summed E-state index contributed by atoms with van der Waals surface area (Å²) in [5, 5.41) is -0.321. The number of imidazole rings is 1. The number of para-hydroxylation sites is 2. The molecule has 0 atom stereocenters. The Bertz CT molecular complexity index is 1210. The van der Waals surface area contributed by atoms with Crippen molar-refractivity contribution in [1.29, 1.82) is 0 Å². The van der Waals surface area contributed by atoms with E-state index in [1.807, 2.05) is 0 Å². The zero-order chi connectivity index (χ0) is 24.5. The number of hydrogen-bond acceptors (Lipinski definition) is 2. The molecule has 118 valence electrons. The van der Waals surface area contributed by atoms with Gasteiger partial charge in [0.15, 0.2) is 0 Å². The van der Waals surface area contributed by atoms with E-state index >= 15 is 0 Å². The number of aromatic nitrogens is 2. The number of hydrogen-bond donors (Lipinski definition) is 0. The molecule has 0 bridgehead atoms. The van der Waals surface area contributed by atoms with Gasteiger partial charge in [-0.05, 0) is 55.6 Å². The molecule has 0 spiro atoms. The van der Waals surface area contributed by atoms with Crippen molar-refractivity contribution in [3.05, 3.63) is 64.8 Å². The molecule has 0 N–H and O–H groups in total. The molecule has 1 fully saturated rings. The Morgan fingerprint density at radius 3 is 2.70 bits per heavy atom.